The monoisotopic (exact) mass is 288 g/mol. The number of nitrogens with zero attached hydrogens (tertiary/aromatic N) is 3. The Kier molecular flexibility index (Phi) is 4.36. The van der Waals surface area contributed by atoms with E-state index in [1.54, 1.807) is 24.3 Å². The second kappa shape index (κ2) is 6.04. The largest absolute Gasteiger partial charge is 0.362 e. The van der Waals surface area contributed by atoms with E-state index in [9.17, 15) is 10.1 Å². The second-order valence-electron chi connectivity index (χ2n) is 4.47. The summed E-state index contributed by atoms with van der Waals surface area (Å²) >= 11 is 0. The van der Waals surface area contributed by atoms with Crippen molar-refractivity contribution in [2.75, 3.05) is 6.54 Å². The Hall–Kier alpha value is -2.23. The Bertz CT molecular complexity index is 611. The molecular weight excluding hydrogens is 275 g/mol. The summed E-state index contributed by atoms with van der Waals surface area (Å²) in [7, 11) is 5.06. The van der Waals surface area contributed by atoms with E-state index in [0.717, 1.165) is 11.8 Å². The quantitative estimate of drug-likeness (QED) is 0.292. The van der Waals surface area contributed by atoms with Gasteiger partial charge in [0, 0.05) is 6.54 Å². The molecule has 21 heavy (non-hydrogen) atoms. The van der Waals surface area contributed by atoms with Crippen molar-refractivity contribution in [1.82, 2.24) is 15.1 Å². The first kappa shape index (κ1) is 15.2. The van der Waals surface area contributed by atoms with Gasteiger partial charge in [-0.1, -0.05) is 30.3 Å². The summed E-state index contributed by atoms with van der Waals surface area (Å²) in [6, 6.07) is 8.54. The fraction of sp³-hybridized carbons (Fsp3) is 0.250. The highest BCUT2D eigenvalue weighted by atomic mass is 16.6. The Morgan fingerprint density at radius 1 is 1.43 bits per heavy atom. The van der Waals surface area contributed by atoms with E-state index in [1.807, 2.05) is 6.07 Å². The number of hydrogen-bond donors (Lipinski definition) is 3. The molecule has 2 rings (SSSR count). The number of benzene rings is 1. The highest BCUT2D eigenvalue weighted by Crippen LogP contribution is 2.20. The smallest absolute Gasteiger partial charge is 0.307 e. The first-order valence-electron chi connectivity index (χ1n) is 6.09. The van der Waals surface area contributed by atoms with Gasteiger partial charge in [-0.15, -0.1) is 0 Å². The Labute approximate surface area is 121 Å². The molecule has 2 radical (unpaired) electrons. The van der Waals surface area contributed by atoms with E-state index in [4.69, 9.17) is 18.1 Å². The zero-order chi connectivity index (χ0) is 15.5. The molecule has 0 saturated carbocycles. The molecule has 1 unspecified atom stereocenters. The van der Waals surface area contributed by atoms with Gasteiger partial charge in [-0.25, -0.2) is 0 Å². The standard InChI is InChI=1S/C12H13BN4O4/c13-12(18,19)14-7-11(9-4-2-1-3-5-9)16-8-10(6-15-16)17(20)21/h1-6,8,11,14,18-19H,7H2. The zero-order valence-corrected chi connectivity index (χ0v) is 11.0. The summed E-state index contributed by atoms with van der Waals surface area (Å²) in [5.41, 5.74) is 0.634. The molecular formula is C12H13BN4O4. The van der Waals surface area contributed by atoms with Crippen LogP contribution in [0.25, 0.3) is 0 Å². The van der Waals surface area contributed by atoms with Crippen molar-refractivity contribution in [1.29, 1.82) is 0 Å². The van der Waals surface area contributed by atoms with Gasteiger partial charge in [-0.05, 0) is 5.56 Å². The van der Waals surface area contributed by atoms with Crippen LogP contribution in [0.4, 0.5) is 5.69 Å². The molecule has 0 aliphatic rings. The zero-order valence-electron chi connectivity index (χ0n) is 11.0. The maximum absolute atomic E-state index is 10.7. The van der Waals surface area contributed by atoms with E-state index in [1.165, 1.54) is 10.9 Å². The third-order valence-corrected chi connectivity index (χ3v) is 2.86. The van der Waals surface area contributed by atoms with E-state index in [0.29, 0.717) is 0 Å². The maximum Gasteiger partial charge on any atom is 0.307 e. The molecule has 0 amide bonds. The number of nitro groups is 1. The van der Waals surface area contributed by atoms with Crippen LogP contribution >= 0.6 is 0 Å². The molecule has 108 valence electrons. The average Bonchev–Trinajstić information content (AvgIpc) is 2.89. The molecule has 1 aromatic carbocycles. The summed E-state index contributed by atoms with van der Waals surface area (Å²) in [6.45, 7) is 0.0202. The maximum atomic E-state index is 10.7. The average molecular weight is 288 g/mol. The minimum Gasteiger partial charge on any atom is -0.362 e. The van der Waals surface area contributed by atoms with Crippen LogP contribution in [0.15, 0.2) is 42.7 Å². The lowest BCUT2D eigenvalue weighted by atomic mass is 10.0. The molecule has 1 heterocycles. The van der Waals surface area contributed by atoms with Gasteiger partial charge in [0.25, 0.3) is 0 Å². The lowest BCUT2D eigenvalue weighted by Crippen LogP contribution is -2.48. The molecule has 2 aromatic rings. The molecule has 0 fully saturated rings. The third-order valence-electron chi connectivity index (χ3n) is 2.86. The van der Waals surface area contributed by atoms with Crippen molar-refractivity contribution >= 4 is 13.5 Å². The highest BCUT2D eigenvalue weighted by molar-refractivity contribution is 6.12. The van der Waals surface area contributed by atoms with E-state index in [2.05, 4.69) is 10.4 Å². The third kappa shape index (κ3) is 4.12. The van der Waals surface area contributed by atoms with Crippen molar-refractivity contribution in [3.05, 3.63) is 58.4 Å². The van der Waals surface area contributed by atoms with Crippen LogP contribution in [-0.4, -0.2) is 45.1 Å². The first-order valence-corrected chi connectivity index (χ1v) is 6.09. The number of aliphatic hydroxyl groups is 2. The molecule has 3 N–H and O–H groups in total. The number of rotatable bonds is 6. The highest BCUT2D eigenvalue weighted by Gasteiger charge is 2.21. The van der Waals surface area contributed by atoms with Gasteiger partial charge < -0.3 is 10.2 Å². The molecule has 1 aromatic heterocycles. The second-order valence-corrected chi connectivity index (χ2v) is 4.47. The Morgan fingerprint density at radius 3 is 2.62 bits per heavy atom. The van der Waals surface area contributed by atoms with Gasteiger partial charge in [0.05, 0.1) is 11.0 Å². The first-order chi connectivity index (χ1) is 9.87. The summed E-state index contributed by atoms with van der Waals surface area (Å²) in [6.07, 6.45) is 2.40. The summed E-state index contributed by atoms with van der Waals surface area (Å²) in [5, 5.41) is 35.3. The van der Waals surface area contributed by atoms with E-state index < -0.39 is 16.8 Å². The molecule has 0 spiro atoms. The van der Waals surface area contributed by atoms with Crippen LogP contribution in [0.5, 0.6) is 0 Å². The van der Waals surface area contributed by atoms with Gasteiger partial charge in [0.15, 0.2) is 13.7 Å². The predicted molar refractivity (Wildman–Crippen MR) is 74.4 cm³/mol. The van der Waals surface area contributed by atoms with Gasteiger partial charge >= 0.3 is 5.69 Å². The van der Waals surface area contributed by atoms with Crippen molar-refractivity contribution in [3.63, 3.8) is 0 Å². The Balaban J connectivity index is 2.28. The molecule has 8 nitrogen and oxygen atoms in total. The van der Waals surface area contributed by atoms with Crippen molar-refractivity contribution in [2.45, 2.75) is 11.9 Å². The molecule has 0 bridgehead atoms. The van der Waals surface area contributed by atoms with Gasteiger partial charge in [0.2, 0.25) is 0 Å². The van der Waals surface area contributed by atoms with Crippen molar-refractivity contribution in [3.8, 4) is 0 Å². The van der Waals surface area contributed by atoms with Crippen molar-refractivity contribution < 1.29 is 15.1 Å². The Morgan fingerprint density at radius 2 is 2.10 bits per heavy atom. The fourth-order valence-electron chi connectivity index (χ4n) is 1.88. The predicted octanol–water partition coefficient (Wildman–Crippen LogP) is -0.265. The molecule has 0 aliphatic heterocycles. The topological polar surface area (TPSA) is 113 Å². The van der Waals surface area contributed by atoms with Crippen LogP contribution in [-0.2, 0) is 0 Å². The SMILES string of the molecule is [B]C(O)(O)NCC(c1ccccc1)n1cc([N+](=O)[O-])cn1. The molecule has 1 atom stereocenters. The minimum absolute atomic E-state index is 0.0202. The van der Waals surface area contributed by atoms with Gasteiger partial charge in [-0.2, -0.15) is 5.10 Å². The fourth-order valence-corrected chi connectivity index (χ4v) is 1.88. The van der Waals surface area contributed by atoms with Crippen LogP contribution < -0.4 is 5.32 Å². The molecule has 9 heteroatoms. The summed E-state index contributed by atoms with van der Waals surface area (Å²) < 4.78 is 1.37. The summed E-state index contributed by atoms with van der Waals surface area (Å²) in [5.74, 6) is -2.54. The normalized spacial score (nSPS) is 13.0. The number of hydrogen-bond acceptors (Lipinski definition) is 6. The van der Waals surface area contributed by atoms with E-state index in [-0.39, 0.29) is 12.2 Å². The van der Waals surface area contributed by atoms with Crippen LogP contribution in [0, 0.1) is 10.1 Å². The van der Waals surface area contributed by atoms with Gasteiger partial charge in [0.1, 0.15) is 12.4 Å². The van der Waals surface area contributed by atoms with E-state index >= 15 is 0 Å². The number of nitrogens with one attached hydrogen (secondary N) is 1. The van der Waals surface area contributed by atoms with Gasteiger partial charge in [-0.3, -0.25) is 20.1 Å². The number of aromatic nitrogens is 2. The van der Waals surface area contributed by atoms with Crippen LogP contribution in [0.3, 0.4) is 0 Å². The van der Waals surface area contributed by atoms with Crippen LogP contribution in [0.2, 0.25) is 0 Å². The molecule has 0 aliphatic carbocycles. The lowest BCUT2D eigenvalue weighted by molar-refractivity contribution is -0.385. The summed E-state index contributed by atoms with van der Waals surface area (Å²) in [4.78, 5) is 10.2. The van der Waals surface area contributed by atoms with Crippen LogP contribution in [0.1, 0.15) is 11.6 Å². The van der Waals surface area contributed by atoms with Crippen molar-refractivity contribution in [2.24, 2.45) is 0 Å². The lowest BCUT2D eigenvalue weighted by Gasteiger charge is -2.24. The molecule has 0 saturated heterocycles. The minimum atomic E-state index is -2.54.